The summed E-state index contributed by atoms with van der Waals surface area (Å²) in [6, 6.07) is 9.14. The third-order valence-electron chi connectivity index (χ3n) is 5.96. The van der Waals surface area contributed by atoms with Crippen LogP contribution in [0, 0.1) is 0 Å². The van der Waals surface area contributed by atoms with Crippen LogP contribution in [0.5, 0.6) is 5.75 Å². The van der Waals surface area contributed by atoms with Crippen molar-refractivity contribution in [2.75, 3.05) is 0 Å². The fraction of sp³-hybridized carbons (Fsp3) is 0.167. The maximum Gasteiger partial charge on any atom is 0.417 e. The van der Waals surface area contributed by atoms with E-state index in [0.29, 0.717) is 33.7 Å². The Hall–Kier alpha value is -2.88. The van der Waals surface area contributed by atoms with Crippen LogP contribution in [0.25, 0.3) is 16.7 Å². The number of aromatic hydroxyl groups is 1. The molecule has 1 aliphatic heterocycles. The van der Waals surface area contributed by atoms with Crippen molar-refractivity contribution >= 4 is 45.9 Å². The number of hydrogen-bond acceptors (Lipinski definition) is 5. The number of hydrogen-bond donors (Lipinski definition) is 1. The third kappa shape index (κ3) is 3.56. The Morgan fingerprint density at radius 3 is 2.46 bits per heavy atom. The second kappa shape index (κ2) is 7.81. The predicted molar refractivity (Wildman–Crippen MR) is 127 cm³/mol. The first-order valence-corrected chi connectivity index (χ1v) is 11.7. The smallest absolute Gasteiger partial charge is 0.417 e. The van der Waals surface area contributed by atoms with Gasteiger partial charge in [-0.1, -0.05) is 60.9 Å². The molecule has 0 amide bonds. The molecule has 0 radical (unpaired) electrons. The summed E-state index contributed by atoms with van der Waals surface area (Å²) in [5, 5.41) is 11.2. The molecule has 0 atom stereocenters. The highest BCUT2D eigenvalue weighted by Gasteiger charge is 2.40. The second-order valence-electron chi connectivity index (χ2n) is 8.48. The molecule has 3 heterocycles. The number of pyridine rings is 1. The van der Waals surface area contributed by atoms with Gasteiger partial charge in [-0.05, 0) is 24.3 Å². The van der Waals surface area contributed by atoms with E-state index in [4.69, 9.17) is 27.6 Å². The number of nitrogens with zero attached hydrogens (tertiary/aromatic N) is 1. The van der Waals surface area contributed by atoms with Gasteiger partial charge in [-0.25, -0.2) is 4.79 Å². The Kier molecular flexibility index (Phi) is 5.32. The van der Waals surface area contributed by atoms with E-state index in [0.717, 1.165) is 12.1 Å². The maximum atomic E-state index is 13.6. The van der Waals surface area contributed by atoms with E-state index in [9.17, 15) is 27.9 Å². The first-order chi connectivity index (χ1) is 16.3. The molecule has 2 aromatic heterocycles. The Morgan fingerprint density at radius 1 is 1.09 bits per heavy atom. The highest BCUT2D eigenvalue weighted by atomic mass is 35.5. The lowest BCUT2D eigenvalue weighted by molar-refractivity contribution is -0.139. The molecule has 0 fully saturated rings. The molecule has 0 unspecified atom stereocenters. The van der Waals surface area contributed by atoms with Crippen LogP contribution >= 0.6 is 35.0 Å². The molecule has 0 spiro atoms. The van der Waals surface area contributed by atoms with Crippen molar-refractivity contribution in [1.29, 1.82) is 0 Å². The largest absolute Gasteiger partial charge is 0.505 e. The Morgan fingerprint density at radius 2 is 1.77 bits per heavy atom. The number of fused-ring (bicyclic) bond motifs is 4. The lowest BCUT2D eigenvalue weighted by Crippen LogP contribution is -2.24. The molecule has 5 rings (SSSR count). The minimum atomic E-state index is -4.69. The standard InChI is InChI=1S/C24H14Cl2F3NO4S/c1-23(2)16-9-14-17(21(32)30(16)13-8-10(25)7-12(26)18(13)23)19(31)20(22(33)34-14)35-15-6-4-3-5-11(15)24(27,28)29/h3-9,31H,1-2H3. The first kappa shape index (κ1) is 23.8. The third-order valence-corrected chi connectivity index (χ3v) is 7.61. The number of aromatic nitrogens is 1. The maximum absolute atomic E-state index is 13.6. The molecule has 0 aliphatic carbocycles. The lowest BCUT2D eigenvalue weighted by Gasteiger charge is -2.21. The molecule has 0 saturated carbocycles. The number of halogens is 5. The summed E-state index contributed by atoms with van der Waals surface area (Å²) in [5.74, 6) is -0.766. The number of benzene rings is 2. The topological polar surface area (TPSA) is 72.4 Å². The van der Waals surface area contributed by atoms with E-state index in [1.807, 2.05) is 13.8 Å². The van der Waals surface area contributed by atoms with E-state index in [1.54, 1.807) is 12.1 Å². The SMILES string of the molecule is CC1(C)c2c(Cl)cc(Cl)cc2-n2c1cc1oc(=O)c(Sc3ccccc3C(F)(F)F)c(O)c1c2=O. The predicted octanol–water partition coefficient (Wildman–Crippen LogP) is 6.77. The van der Waals surface area contributed by atoms with Crippen LogP contribution in [0.4, 0.5) is 13.2 Å². The highest BCUT2D eigenvalue weighted by Crippen LogP contribution is 2.48. The highest BCUT2D eigenvalue weighted by molar-refractivity contribution is 7.99. The fourth-order valence-corrected chi connectivity index (χ4v) is 6.12. The van der Waals surface area contributed by atoms with Gasteiger partial charge in [0.1, 0.15) is 15.9 Å². The van der Waals surface area contributed by atoms with Crippen molar-refractivity contribution in [2.45, 2.75) is 35.2 Å². The van der Waals surface area contributed by atoms with Crippen molar-refractivity contribution < 1.29 is 22.7 Å². The molecule has 0 bridgehead atoms. The Labute approximate surface area is 209 Å². The summed E-state index contributed by atoms with van der Waals surface area (Å²) in [7, 11) is 0. The Bertz CT molecular complexity index is 1680. The summed E-state index contributed by atoms with van der Waals surface area (Å²) in [6.07, 6.45) is -4.69. The van der Waals surface area contributed by atoms with Gasteiger partial charge in [-0.3, -0.25) is 9.36 Å². The monoisotopic (exact) mass is 539 g/mol. The fourth-order valence-electron chi connectivity index (χ4n) is 4.41. The molecular formula is C24H14Cl2F3NO4S. The van der Waals surface area contributed by atoms with Crippen LogP contribution in [0.1, 0.15) is 30.7 Å². The first-order valence-electron chi connectivity index (χ1n) is 10.1. The van der Waals surface area contributed by atoms with Crippen LogP contribution in [-0.4, -0.2) is 9.67 Å². The van der Waals surface area contributed by atoms with Gasteiger partial charge in [-0.15, -0.1) is 0 Å². The van der Waals surface area contributed by atoms with Crippen LogP contribution in [-0.2, 0) is 11.6 Å². The van der Waals surface area contributed by atoms with Gasteiger partial charge in [-0.2, -0.15) is 13.2 Å². The normalized spacial score (nSPS) is 14.3. The van der Waals surface area contributed by atoms with Gasteiger partial charge in [0, 0.05) is 37.7 Å². The van der Waals surface area contributed by atoms with Gasteiger partial charge in [0.25, 0.3) is 5.56 Å². The molecule has 0 saturated heterocycles. The van der Waals surface area contributed by atoms with Crippen LogP contribution in [0.15, 0.2) is 66.3 Å². The van der Waals surface area contributed by atoms with Crippen LogP contribution in [0.2, 0.25) is 10.0 Å². The van der Waals surface area contributed by atoms with Gasteiger partial charge in [0.05, 0.1) is 11.3 Å². The molecule has 180 valence electrons. The number of alkyl halides is 3. The zero-order chi connectivity index (χ0) is 25.4. The van der Waals surface area contributed by atoms with E-state index in [2.05, 4.69) is 0 Å². The van der Waals surface area contributed by atoms with E-state index < -0.39 is 39.0 Å². The zero-order valence-electron chi connectivity index (χ0n) is 18.0. The van der Waals surface area contributed by atoms with E-state index in [1.165, 1.54) is 22.8 Å². The van der Waals surface area contributed by atoms with Crippen molar-refractivity contribution in [1.82, 2.24) is 4.57 Å². The Balaban J connectivity index is 1.79. The molecular weight excluding hydrogens is 526 g/mol. The summed E-state index contributed by atoms with van der Waals surface area (Å²) in [4.78, 5) is 25.5. The van der Waals surface area contributed by atoms with Crippen molar-refractivity contribution in [2.24, 2.45) is 0 Å². The molecule has 2 aromatic carbocycles. The zero-order valence-corrected chi connectivity index (χ0v) is 20.3. The lowest BCUT2D eigenvalue weighted by atomic mass is 9.83. The van der Waals surface area contributed by atoms with Gasteiger partial charge in [0.2, 0.25) is 0 Å². The average Bonchev–Trinajstić information content (AvgIpc) is 2.97. The van der Waals surface area contributed by atoms with Crippen molar-refractivity contribution in [3.63, 3.8) is 0 Å². The minimum absolute atomic E-state index is 0.194. The molecule has 5 nitrogen and oxygen atoms in total. The molecule has 11 heteroatoms. The second-order valence-corrected chi connectivity index (χ2v) is 10.4. The molecule has 4 aromatic rings. The quantitative estimate of drug-likeness (QED) is 0.304. The van der Waals surface area contributed by atoms with Crippen LogP contribution < -0.4 is 11.2 Å². The van der Waals surface area contributed by atoms with Crippen LogP contribution in [0.3, 0.4) is 0 Å². The van der Waals surface area contributed by atoms with Gasteiger partial charge in [0.15, 0.2) is 5.75 Å². The average molecular weight is 540 g/mol. The van der Waals surface area contributed by atoms with Gasteiger partial charge >= 0.3 is 11.8 Å². The summed E-state index contributed by atoms with van der Waals surface area (Å²) >= 11 is 13.0. The number of rotatable bonds is 2. The van der Waals surface area contributed by atoms with Gasteiger partial charge < -0.3 is 9.52 Å². The minimum Gasteiger partial charge on any atom is -0.505 e. The van der Waals surface area contributed by atoms with E-state index in [-0.39, 0.29) is 20.9 Å². The molecule has 1 aliphatic rings. The van der Waals surface area contributed by atoms with Crippen molar-refractivity contribution in [3.05, 3.63) is 90.1 Å². The summed E-state index contributed by atoms with van der Waals surface area (Å²) < 4.78 is 47.0. The summed E-state index contributed by atoms with van der Waals surface area (Å²) in [5.41, 5.74) is -2.31. The van der Waals surface area contributed by atoms with E-state index >= 15 is 0 Å². The molecule has 1 N–H and O–H groups in total. The van der Waals surface area contributed by atoms with Crippen molar-refractivity contribution in [3.8, 4) is 11.4 Å². The molecule has 35 heavy (non-hydrogen) atoms. The summed E-state index contributed by atoms with van der Waals surface area (Å²) in [6.45, 7) is 3.65.